The van der Waals surface area contributed by atoms with Gasteiger partial charge in [0.25, 0.3) is 0 Å². The third kappa shape index (κ3) is 4.26. The average molecular weight is 447 g/mol. The maximum Gasteiger partial charge on any atom is 0.337 e. The van der Waals surface area contributed by atoms with Crippen LogP contribution in [0.5, 0.6) is 11.5 Å². The smallest absolute Gasteiger partial charge is 0.337 e. The molecular weight excluding hydrogens is 435 g/mol. The number of methoxy groups -OCH3 is 1. The lowest BCUT2D eigenvalue weighted by Gasteiger charge is -2.06. The number of aromatic hydroxyl groups is 1. The first-order chi connectivity index (χ1) is 10.9. The van der Waals surface area contributed by atoms with Crippen LogP contribution in [0.3, 0.4) is 0 Å². The molecule has 0 unspecified atom stereocenters. The average Bonchev–Trinajstić information content (AvgIpc) is 2.51. The molecule has 8 heteroatoms. The van der Waals surface area contributed by atoms with Crippen molar-refractivity contribution in [3.05, 3.63) is 50.1 Å². The summed E-state index contributed by atoms with van der Waals surface area (Å²) in [7, 11) is 1.46. The molecule has 6 nitrogen and oxygen atoms in total. The maximum atomic E-state index is 11.0. The number of nitrogens with one attached hydrogen (secondary N) is 1. The number of phenolic OH excluding ortho intramolecular Hbond substituents is 1. The van der Waals surface area contributed by atoms with Gasteiger partial charge in [0.05, 0.1) is 33.2 Å². The Labute approximate surface area is 150 Å². The fourth-order valence-corrected chi connectivity index (χ4v) is 2.59. The molecule has 2 rings (SSSR count). The van der Waals surface area contributed by atoms with Crippen molar-refractivity contribution in [1.29, 1.82) is 0 Å². The number of hydrogen-bond acceptors (Lipinski definition) is 5. The molecule has 3 N–H and O–H groups in total. The minimum atomic E-state index is -1.11. The number of hydrogen-bond donors (Lipinski definition) is 3. The number of nitrogens with zero attached hydrogens (tertiary/aromatic N) is 1. The van der Waals surface area contributed by atoms with E-state index in [1.54, 1.807) is 18.2 Å². The van der Waals surface area contributed by atoms with Gasteiger partial charge in [0, 0.05) is 0 Å². The molecule has 2 aromatic rings. The fourth-order valence-electron chi connectivity index (χ4n) is 1.76. The molecular formula is C15H12ClIN2O4. The summed E-state index contributed by atoms with van der Waals surface area (Å²) in [6, 6.07) is 7.85. The molecule has 0 bridgehead atoms. The molecule has 0 saturated carbocycles. The Hall–Kier alpha value is -2.00. The van der Waals surface area contributed by atoms with Crippen LogP contribution in [-0.2, 0) is 0 Å². The number of carboxylic acid groups (broad SMARTS) is 1. The van der Waals surface area contributed by atoms with Crippen LogP contribution in [0.25, 0.3) is 0 Å². The third-order valence-corrected chi connectivity index (χ3v) is 4.03. The van der Waals surface area contributed by atoms with Crippen LogP contribution < -0.4 is 10.2 Å². The molecule has 0 amide bonds. The second kappa shape index (κ2) is 7.51. The van der Waals surface area contributed by atoms with E-state index in [0.29, 0.717) is 20.6 Å². The number of rotatable bonds is 5. The van der Waals surface area contributed by atoms with Crippen molar-refractivity contribution in [3.63, 3.8) is 0 Å². The molecule has 0 radical (unpaired) electrons. The number of ether oxygens (including phenoxy) is 1. The predicted molar refractivity (Wildman–Crippen MR) is 97.0 cm³/mol. The van der Waals surface area contributed by atoms with E-state index in [2.05, 4.69) is 10.5 Å². The third-order valence-electron chi connectivity index (χ3n) is 2.87. The Morgan fingerprint density at radius 1 is 1.39 bits per heavy atom. The molecule has 120 valence electrons. The zero-order valence-electron chi connectivity index (χ0n) is 11.9. The number of phenols is 1. The molecule has 0 aliphatic rings. The van der Waals surface area contributed by atoms with Crippen molar-refractivity contribution in [2.75, 3.05) is 12.5 Å². The minimum Gasteiger partial charge on any atom is -0.504 e. The molecule has 0 fully saturated rings. The van der Waals surface area contributed by atoms with Gasteiger partial charge in [0.2, 0.25) is 0 Å². The first kappa shape index (κ1) is 17.4. The van der Waals surface area contributed by atoms with Gasteiger partial charge in [-0.15, -0.1) is 0 Å². The molecule has 23 heavy (non-hydrogen) atoms. The Morgan fingerprint density at radius 3 is 2.78 bits per heavy atom. The van der Waals surface area contributed by atoms with Gasteiger partial charge in [-0.3, -0.25) is 5.43 Å². The van der Waals surface area contributed by atoms with Gasteiger partial charge in [-0.25, -0.2) is 4.79 Å². The van der Waals surface area contributed by atoms with Crippen LogP contribution in [0.1, 0.15) is 15.9 Å². The first-order valence-electron chi connectivity index (χ1n) is 6.30. The number of benzene rings is 2. The quantitative estimate of drug-likeness (QED) is 0.369. The highest BCUT2D eigenvalue weighted by molar-refractivity contribution is 14.1. The van der Waals surface area contributed by atoms with Crippen LogP contribution in [-0.4, -0.2) is 29.5 Å². The van der Waals surface area contributed by atoms with Gasteiger partial charge in [-0.05, 0) is 58.5 Å². The van der Waals surface area contributed by atoms with Crippen molar-refractivity contribution < 1.29 is 19.7 Å². The van der Waals surface area contributed by atoms with Crippen molar-refractivity contribution in [2.45, 2.75) is 0 Å². The van der Waals surface area contributed by atoms with Crippen LogP contribution in [0.4, 0.5) is 5.69 Å². The van der Waals surface area contributed by atoms with Crippen LogP contribution in [0.2, 0.25) is 5.02 Å². The summed E-state index contributed by atoms with van der Waals surface area (Å²) in [5.41, 5.74) is 3.92. The second-order valence-corrected chi connectivity index (χ2v) is 5.99. The number of carbonyl (C=O) groups is 1. The summed E-state index contributed by atoms with van der Waals surface area (Å²) in [6.07, 6.45) is 1.53. The van der Waals surface area contributed by atoms with Crippen LogP contribution >= 0.6 is 34.2 Å². The van der Waals surface area contributed by atoms with Gasteiger partial charge in [-0.2, -0.15) is 5.10 Å². The molecule has 0 heterocycles. The highest BCUT2D eigenvalue weighted by Crippen LogP contribution is 2.31. The Balaban J connectivity index is 2.18. The van der Waals surface area contributed by atoms with Gasteiger partial charge in [0.15, 0.2) is 11.5 Å². The summed E-state index contributed by atoms with van der Waals surface area (Å²) in [6.45, 7) is 0. The summed E-state index contributed by atoms with van der Waals surface area (Å²) in [5, 5.41) is 23.0. The van der Waals surface area contributed by atoms with E-state index < -0.39 is 5.97 Å². The van der Waals surface area contributed by atoms with Crippen molar-refractivity contribution in [3.8, 4) is 11.5 Å². The van der Waals surface area contributed by atoms with Gasteiger partial charge >= 0.3 is 5.97 Å². The Bertz CT molecular complexity index is 780. The number of aromatic carboxylic acids is 1. The summed E-state index contributed by atoms with van der Waals surface area (Å²) < 4.78 is 5.70. The normalized spacial score (nSPS) is 10.7. The molecule has 0 aliphatic carbocycles. The summed E-state index contributed by atoms with van der Waals surface area (Å²) in [4.78, 5) is 11.0. The lowest BCUT2D eigenvalue weighted by atomic mass is 10.2. The van der Waals surface area contributed by atoms with E-state index in [9.17, 15) is 9.90 Å². The number of carboxylic acids is 1. The van der Waals surface area contributed by atoms with Crippen molar-refractivity contribution >= 4 is 52.1 Å². The predicted octanol–water partition coefficient (Wildman–Crippen LogP) is 3.80. The van der Waals surface area contributed by atoms with Gasteiger partial charge in [-0.1, -0.05) is 11.6 Å². The molecule has 0 atom stereocenters. The topological polar surface area (TPSA) is 91.2 Å². The van der Waals surface area contributed by atoms with Gasteiger partial charge < -0.3 is 14.9 Å². The number of halogens is 2. The lowest BCUT2D eigenvalue weighted by Crippen LogP contribution is -1.99. The van der Waals surface area contributed by atoms with Crippen molar-refractivity contribution in [2.24, 2.45) is 5.10 Å². The molecule has 0 aliphatic heterocycles. The van der Waals surface area contributed by atoms with Gasteiger partial charge in [0.1, 0.15) is 0 Å². The largest absolute Gasteiger partial charge is 0.504 e. The van der Waals surface area contributed by atoms with E-state index in [1.165, 1.54) is 25.5 Å². The molecule has 2 aromatic carbocycles. The second-order valence-electron chi connectivity index (χ2n) is 4.42. The number of hydrazone groups is 1. The zero-order chi connectivity index (χ0) is 17.0. The summed E-state index contributed by atoms with van der Waals surface area (Å²) >= 11 is 7.79. The van der Waals surface area contributed by atoms with E-state index >= 15 is 0 Å². The first-order valence-corrected chi connectivity index (χ1v) is 7.76. The standard InChI is InChI=1S/C15H12ClIN2O4/c1-23-13-5-8(4-12(17)14(13)20)7-18-19-9-2-3-11(16)10(6-9)15(21)22/h2-7,19-20H,1H3,(H,21,22)/b18-7+. The fraction of sp³-hybridized carbons (Fsp3) is 0.0667. The minimum absolute atomic E-state index is 0.00674. The van der Waals surface area contributed by atoms with Crippen LogP contribution in [0, 0.1) is 3.57 Å². The maximum absolute atomic E-state index is 11.0. The van der Waals surface area contributed by atoms with E-state index in [-0.39, 0.29) is 16.3 Å². The zero-order valence-corrected chi connectivity index (χ0v) is 14.8. The highest BCUT2D eigenvalue weighted by Gasteiger charge is 2.09. The summed E-state index contributed by atoms with van der Waals surface area (Å²) in [5.74, 6) is -0.694. The van der Waals surface area contributed by atoms with E-state index in [1.807, 2.05) is 22.6 Å². The lowest BCUT2D eigenvalue weighted by molar-refractivity contribution is 0.0697. The molecule has 0 spiro atoms. The Kier molecular flexibility index (Phi) is 5.67. The highest BCUT2D eigenvalue weighted by atomic mass is 127. The molecule has 0 saturated heterocycles. The van der Waals surface area contributed by atoms with Crippen LogP contribution in [0.15, 0.2) is 35.4 Å². The Morgan fingerprint density at radius 2 is 2.13 bits per heavy atom. The SMILES string of the molecule is COc1cc(/C=N/Nc2ccc(Cl)c(C(=O)O)c2)cc(I)c1O. The van der Waals surface area contributed by atoms with E-state index in [0.717, 1.165) is 0 Å². The van der Waals surface area contributed by atoms with Crippen molar-refractivity contribution in [1.82, 2.24) is 0 Å². The van der Waals surface area contributed by atoms with E-state index in [4.69, 9.17) is 21.4 Å². The monoisotopic (exact) mass is 446 g/mol. The number of anilines is 1. The molecule has 0 aromatic heterocycles.